The van der Waals surface area contributed by atoms with Gasteiger partial charge in [0.1, 0.15) is 11.7 Å². The van der Waals surface area contributed by atoms with E-state index in [1.54, 1.807) is 4.90 Å². The lowest BCUT2D eigenvalue weighted by atomic mass is 10.2. The van der Waals surface area contributed by atoms with Crippen molar-refractivity contribution in [2.24, 2.45) is 0 Å². The van der Waals surface area contributed by atoms with Gasteiger partial charge in [0.25, 0.3) is 0 Å². The standard InChI is InChI=1S/C11H14N2O3S/c1-6(14)9-7(2)17-11(12-9)13-5-3-4-8(13)10(15)16/h8H,3-5H2,1-2H3,(H,15,16)/t8-/m0/s1. The second-order valence-corrected chi connectivity index (χ2v) is 5.33. The molecule has 0 aromatic carbocycles. The van der Waals surface area contributed by atoms with Crippen molar-refractivity contribution in [2.75, 3.05) is 11.4 Å². The Morgan fingerprint density at radius 3 is 2.76 bits per heavy atom. The highest BCUT2D eigenvalue weighted by atomic mass is 32.1. The van der Waals surface area contributed by atoms with Gasteiger partial charge in [0.05, 0.1) is 0 Å². The topological polar surface area (TPSA) is 70.5 Å². The molecule has 1 saturated heterocycles. The van der Waals surface area contributed by atoms with Gasteiger partial charge in [0.15, 0.2) is 10.9 Å². The molecule has 1 aromatic heterocycles. The molecule has 17 heavy (non-hydrogen) atoms. The Morgan fingerprint density at radius 1 is 1.53 bits per heavy atom. The summed E-state index contributed by atoms with van der Waals surface area (Å²) in [6.45, 7) is 4.01. The summed E-state index contributed by atoms with van der Waals surface area (Å²) in [4.78, 5) is 29.3. The highest BCUT2D eigenvalue weighted by Gasteiger charge is 2.32. The molecule has 0 aliphatic carbocycles. The van der Waals surface area contributed by atoms with Crippen LogP contribution in [-0.2, 0) is 4.79 Å². The van der Waals surface area contributed by atoms with Gasteiger partial charge in [-0.15, -0.1) is 11.3 Å². The summed E-state index contributed by atoms with van der Waals surface area (Å²) in [7, 11) is 0. The van der Waals surface area contributed by atoms with E-state index < -0.39 is 12.0 Å². The van der Waals surface area contributed by atoms with Crippen molar-refractivity contribution >= 4 is 28.2 Å². The lowest BCUT2D eigenvalue weighted by molar-refractivity contribution is -0.138. The molecule has 1 N–H and O–H groups in total. The molecule has 6 heteroatoms. The number of ketones is 1. The van der Waals surface area contributed by atoms with Crippen LogP contribution in [-0.4, -0.2) is 34.4 Å². The molecule has 1 atom stereocenters. The molecule has 0 bridgehead atoms. The lowest BCUT2D eigenvalue weighted by Crippen LogP contribution is -2.35. The van der Waals surface area contributed by atoms with Gasteiger partial charge in [-0.25, -0.2) is 9.78 Å². The molecule has 1 aliphatic heterocycles. The van der Waals surface area contributed by atoms with Crippen LogP contribution in [0.25, 0.3) is 0 Å². The summed E-state index contributed by atoms with van der Waals surface area (Å²) in [5, 5.41) is 9.75. The Morgan fingerprint density at radius 2 is 2.24 bits per heavy atom. The average Bonchev–Trinajstić information content (AvgIpc) is 2.82. The smallest absolute Gasteiger partial charge is 0.326 e. The molecule has 0 unspecified atom stereocenters. The SMILES string of the molecule is CC(=O)c1nc(N2CCC[C@H]2C(=O)O)sc1C. The minimum absolute atomic E-state index is 0.0731. The number of aliphatic carboxylic acids is 1. The number of aryl methyl sites for hydroxylation is 1. The summed E-state index contributed by atoms with van der Waals surface area (Å²) in [6.07, 6.45) is 1.49. The first-order valence-corrected chi connectivity index (χ1v) is 6.30. The van der Waals surface area contributed by atoms with Gasteiger partial charge < -0.3 is 10.0 Å². The number of carbonyl (C=O) groups excluding carboxylic acids is 1. The first-order valence-electron chi connectivity index (χ1n) is 5.48. The van der Waals surface area contributed by atoms with Crippen LogP contribution >= 0.6 is 11.3 Å². The normalized spacial score (nSPS) is 19.6. The van der Waals surface area contributed by atoms with Crippen molar-refractivity contribution in [1.82, 2.24) is 4.98 Å². The Kier molecular flexibility index (Phi) is 3.15. The van der Waals surface area contributed by atoms with Gasteiger partial charge in [-0.2, -0.15) is 0 Å². The number of nitrogens with zero attached hydrogens (tertiary/aromatic N) is 2. The predicted molar refractivity (Wildman–Crippen MR) is 64.9 cm³/mol. The Hall–Kier alpha value is -1.43. The minimum Gasteiger partial charge on any atom is -0.480 e. The summed E-state index contributed by atoms with van der Waals surface area (Å²) in [6, 6.07) is -0.500. The highest BCUT2D eigenvalue weighted by Crippen LogP contribution is 2.31. The van der Waals surface area contributed by atoms with Crippen molar-refractivity contribution < 1.29 is 14.7 Å². The maximum atomic E-state index is 11.3. The largest absolute Gasteiger partial charge is 0.480 e. The van der Waals surface area contributed by atoms with Gasteiger partial charge in [-0.05, 0) is 19.8 Å². The number of anilines is 1. The molecule has 0 radical (unpaired) electrons. The number of rotatable bonds is 3. The lowest BCUT2D eigenvalue weighted by Gasteiger charge is -2.19. The molecule has 1 fully saturated rings. The van der Waals surface area contributed by atoms with E-state index in [9.17, 15) is 9.59 Å². The van der Waals surface area contributed by atoms with E-state index >= 15 is 0 Å². The summed E-state index contributed by atoms with van der Waals surface area (Å²) in [5.41, 5.74) is 0.459. The molecular formula is C11H14N2O3S. The molecule has 1 aliphatic rings. The van der Waals surface area contributed by atoms with Crippen LogP contribution in [0.3, 0.4) is 0 Å². The first kappa shape index (κ1) is 12.0. The number of aromatic nitrogens is 1. The zero-order valence-electron chi connectivity index (χ0n) is 9.77. The molecular weight excluding hydrogens is 240 g/mol. The van der Waals surface area contributed by atoms with E-state index in [2.05, 4.69) is 4.98 Å². The Balaban J connectivity index is 2.31. The number of carboxylic acid groups (broad SMARTS) is 1. The van der Waals surface area contributed by atoms with E-state index in [1.165, 1.54) is 18.3 Å². The molecule has 2 rings (SSSR count). The number of Topliss-reactive ketones (excluding diaryl/α,β-unsaturated/α-hetero) is 1. The fraction of sp³-hybridized carbons (Fsp3) is 0.545. The van der Waals surface area contributed by atoms with Crippen LogP contribution < -0.4 is 4.90 Å². The number of carboxylic acids is 1. The third-order valence-electron chi connectivity index (χ3n) is 2.90. The maximum absolute atomic E-state index is 11.3. The molecule has 1 aromatic rings. The average molecular weight is 254 g/mol. The highest BCUT2D eigenvalue weighted by molar-refractivity contribution is 7.15. The van der Waals surface area contributed by atoms with E-state index in [0.717, 1.165) is 11.3 Å². The van der Waals surface area contributed by atoms with Gasteiger partial charge in [0.2, 0.25) is 0 Å². The summed E-state index contributed by atoms with van der Waals surface area (Å²) >= 11 is 1.39. The second-order valence-electron chi connectivity index (χ2n) is 4.15. The quantitative estimate of drug-likeness (QED) is 0.831. The van der Waals surface area contributed by atoms with Crippen LogP contribution in [0.4, 0.5) is 5.13 Å². The third kappa shape index (κ3) is 2.17. The molecule has 0 spiro atoms. The van der Waals surface area contributed by atoms with Gasteiger partial charge >= 0.3 is 5.97 Å². The second kappa shape index (κ2) is 4.44. The monoisotopic (exact) mass is 254 g/mol. The Labute approximate surface area is 103 Å². The van der Waals surface area contributed by atoms with E-state index in [1.807, 2.05) is 6.92 Å². The van der Waals surface area contributed by atoms with Crippen molar-refractivity contribution in [2.45, 2.75) is 32.7 Å². The van der Waals surface area contributed by atoms with Crippen LogP contribution in [0.1, 0.15) is 35.1 Å². The molecule has 5 nitrogen and oxygen atoms in total. The zero-order valence-corrected chi connectivity index (χ0v) is 10.6. The Bertz CT molecular complexity index is 469. The van der Waals surface area contributed by atoms with Gasteiger partial charge in [0, 0.05) is 18.3 Å². The fourth-order valence-electron chi connectivity index (χ4n) is 2.08. The maximum Gasteiger partial charge on any atom is 0.326 e. The van der Waals surface area contributed by atoms with Crippen molar-refractivity contribution in [3.8, 4) is 0 Å². The minimum atomic E-state index is -0.820. The predicted octanol–water partition coefficient (Wildman–Crippen LogP) is 1.71. The number of carbonyl (C=O) groups is 2. The number of thiazole rings is 1. The van der Waals surface area contributed by atoms with E-state index in [-0.39, 0.29) is 5.78 Å². The van der Waals surface area contributed by atoms with E-state index in [4.69, 9.17) is 5.11 Å². The van der Waals surface area contributed by atoms with Crippen LogP contribution in [0, 0.1) is 6.92 Å². The third-order valence-corrected chi connectivity index (χ3v) is 3.91. The zero-order chi connectivity index (χ0) is 12.6. The molecule has 92 valence electrons. The molecule has 0 saturated carbocycles. The first-order chi connectivity index (χ1) is 8.00. The van der Waals surface area contributed by atoms with Gasteiger partial charge in [-0.3, -0.25) is 4.79 Å². The number of hydrogen-bond acceptors (Lipinski definition) is 5. The fourth-order valence-corrected chi connectivity index (χ4v) is 3.12. The summed E-state index contributed by atoms with van der Waals surface area (Å²) in [5.74, 6) is -0.893. The van der Waals surface area contributed by atoms with Gasteiger partial charge in [-0.1, -0.05) is 0 Å². The van der Waals surface area contributed by atoms with E-state index in [0.29, 0.717) is 23.8 Å². The van der Waals surface area contributed by atoms with Crippen molar-refractivity contribution in [3.05, 3.63) is 10.6 Å². The molecule has 2 heterocycles. The van der Waals surface area contributed by atoms with Crippen molar-refractivity contribution in [1.29, 1.82) is 0 Å². The van der Waals surface area contributed by atoms with Crippen LogP contribution in [0.5, 0.6) is 0 Å². The van der Waals surface area contributed by atoms with Crippen LogP contribution in [0.2, 0.25) is 0 Å². The van der Waals surface area contributed by atoms with Crippen LogP contribution in [0.15, 0.2) is 0 Å². The van der Waals surface area contributed by atoms with Crippen molar-refractivity contribution in [3.63, 3.8) is 0 Å². The molecule has 0 amide bonds. The summed E-state index contributed by atoms with van der Waals surface area (Å²) < 4.78 is 0. The number of hydrogen-bond donors (Lipinski definition) is 1.